The predicted octanol–water partition coefficient (Wildman–Crippen LogP) is 7.54. The van der Waals surface area contributed by atoms with Gasteiger partial charge in [0.25, 0.3) is 0 Å². The van der Waals surface area contributed by atoms with E-state index in [-0.39, 0.29) is 49.8 Å². The van der Waals surface area contributed by atoms with Crippen LogP contribution in [0.4, 0.5) is 0 Å². The van der Waals surface area contributed by atoms with Crippen LogP contribution in [0.2, 0.25) is 43.8 Å². The van der Waals surface area contributed by atoms with Crippen molar-refractivity contribution in [2.45, 2.75) is 147 Å². The SMILES string of the molecule is COCO[C@H]1C(=O)[C@@H](C)[C@@H]([C@]2(OCOCC[Si](C)(C)C)CO[C@H](c3ccc(OC)cc3)O[C@@H]2CC=O)C[C@H](O[Si](C)(C)C(C)(C)C)[C@]2(O)CC[C@H]1C2(C)C. The molecule has 0 aromatic heterocycles. The molecule has 11 nitrogen and oxygen atoms in total. The maximum atomic E-state index is 15.0. The van der Waals surface area contributed by atoms with Gasteiger partial charge in [0, 0.05) is 56.9 Å². The third-order valence-electron chi connectivity index (χ3n) is 13.2. The summed E-state index contributed by atoms with van der Waals surface area (Å²) in [5.41, 5.74) is -2.67. The van der Waals surface area contributed by atoms with Gasteiger partial charge in [0.05, 0.1) is 31.5 Å². The van der Waals surface area contributed by atoms with Gasteiger partial charge in [-0.05, 0) is 55.6 Å². The lowest BCUT2D eigenvalue weighted by molar-refractivity contribution is -0.336. The number of ether oxygens (including phenoxy) is 7. The topological polar surface area (TPSA) is 128 Å². The Morgan fingerprint density at radius 3 is 2.26 bits per heavy atom. The summed E-state index contributed by atoms with van der Waals surface area (Å²) >= 11 is 0. The molecule has 1 saturated heterocycles. The van der Waals surface area contributed by atoms with Crippen LogP contribution in [0.1, 0.15) is 79.1 Å². The Bertz CT molecular complexity index is 1390. The Kier molecular flexibility index (Phi) is 14.7. The third kappa shape index (κ3) is 9.43. The van der Waals surface area contributed by atoms with E-state index < -0.39 is 69.4 Å². The van der Waals surface area contributed by atoms with Crippen LogP contribution in [0.15, 0.2) is 24.3 Å². The second-order valence-corrected chi connectivity index (χ2v) is 29.4. The zero-order valence-corrected chi connectivity index (χ0v) is 37.3. The maximum Gasteiger partial charge on any atom is 0.192 e. The molecule has 9 atom stereocenters. The fraction of sp³-hybridized carbons (Fsp3) is 0.805. The number of carbonyl (C=O) groups excluding carboxylic acids is 2. The van der Waals surface area contributed by atoms with E-state index in [2.05, 4.69) is 53.5 Å². The molecule has 1 aromatic carbocycles. The van der Waals surface area contributed by atoms with Gasteiger partial charge in [-0.15, -0.1) is 0 Å². The second kappa shape index (κ2) is 17.5. The molecule has 3 fully saturated rings. The van der Waals surface area contributed by atoms with E-state index in [4.69, 9.17) is 37.6 Å². The summed E-state index contributed by atoms with van der Waals surface area (Å²) in [6.45, 7) is 24.1. The quantitative estimate of drug-likeness (QED) is 0.0772. The molecule has 0 spiro atoms. The number of fused-ring (bicyclic) bond motifs is 2. The highest BCUT2D eigenvalue weighted by Gasteiger charge is 2.66. The first-order valence-electron chi connectivity index (χ1n) is 19.7. The van der Waals surface area contributed by atoms with E-state index in [0.717, 1.165) is 17.9 Å². The smallest absolute Gasteiger partial charge is 0.192 e. The van der Waals surface area contributed by atoms with Crippen LogP contribution in [0, 0.1) is 23.2 Å². The Morgan fingerprint density at radius 2 is 1.69 bits per heavy atom. The van der Waals surface area contributed by atoms with Crippen molar-refractivity contribution in [1.82, 2.24) is 0 Å². The number of ketones is 1. The lowest BCUT2D eigenvalue weighted by Crippen LogP contribution is -2.64. The van der Waals surface area contributed by atoms with Crippen molar-refractivity contribution in [1.29, 1.82) is 0 Å². The molecule has 54 heavy (non-hydrogen) atoms. The monoisotopic (exact) mass is 794 g/mol. The van der Waals surface area contributed by atoms with Gasteiger partial charge in [-0.25, -0.2) is 0 Å². The molecule has 2 bridgehead atoms. The van der Waals surface area contributed by atoms with Crippen molar-refractivity contribution in [2.24, 2.45) is 23.2 Å². The average molecular weight is 795 g/mol. The minimum Gasteiger partial charge on any atom is -0.497 e. The minimum absolute atomic E-state index is 0.00350. The van der Waals surface area contributed by atoms with Gasteiger partial charge < -0.3 is 47.5 Å². The van der Waals surface area contributed by atoms with Crippen molar-refractivity contribution in [3.05, 3.63) is 29.8 Å². The first-order chi connectivity index (χ1) is 25.1. The van der Waals surface area contributed by atoms with Gasteiger partial charge in [0.15, 0.2) is 20.4 Å². The first kappa shape index (κ1) is 45.2. The number of carbonyl (C=O) groups is 2. The zero-order valence-electron chi connectivity index (χ0n) is 35.3. The van der Waals surface area contributed by atoms with Crippen LogP contribution in [-0.2, 0) is 42.4 Å². The molecule has 1 heterocycles. The lowest BCUT2D eigenvalue weighted by Gasteiger charge is -2.54. The summed E-state index contributed by atoms with van der Waals surface area (Å²) in [5.74, 6) is -1.05. The van der Waals surface area contributed by atoms with Crippen LogP contribution in [0.25, 0.3) is 0 Å². The van der Waals surface area contributed by atoms with E-state index >= 15 is 4.79 Å². The van der Waals surface area contributed by atoms with Crippen molar-refractivity contribution in [2.75, 3.05) is 41.0 Å². The normalized spacial score (nSPS) is 33.5. The lowest BCUT2D eigenvalue weighted by atomic mass is 9.66. The highest BCUT2D eigenvalue weighted by atomic mass is 28.4. The van der Waals surface area contributed by atoms with Crippen molar-refractivity contribution < 1.29 is 52.3 Å². The van der Waals surface area contributed by atoms with E-state index in [1.54, 1.807) is 7.11 Å². The Labute approximate surface area is 326 Å². The van der Waals surface area contributed by atoms with Crippen LogP contribution < -0.4 is 4.74 Å². The van der Waals surface area contributed by atoms with Gasteiger partial charge in [-0.1, -0.05) is 73.3 Å². The molecular formula is C41H70O11Si2. The average Bonchev–Trinajstić information content (AvgIpc) is 3.34. The number of rotatable bonds is 16. The van der Waals surface area contributed by atoms with Gasteiger partial charge in [0.1, 0.15) is 37.3 Å². The van der Waals surface area contributed by atoms with E-state index in [9.17, 15) is 9.90 Å². The molecule has 0 amide bonds. The van der Waals surface area contributed by atoms with Crippen LogP contribution in [0.3, 0.4) is 0 Å². The van der Waals surface area contributed by atoms with Crippen molar-refractivity contribution in [3.8, 4) is 5.75 Å². The van der Waals surface area contributed by atoms with E-state index in [1.807, 2.05) is 45.0 Å². The maximum absolute atomic E-state index is 15.0. The molecule has 308 valence electrons. The molecule has 0 unspecified atom stereocenters. The molecule has 2 saturated carbocycles. The van der Waals surface area contributed by atoms with E-state index in [0.29, 0.717) is 25.2 Å². The number of aliphatic hydroxyl groups is 1. The highest BCUT2D eigenvalue weighted by Crippen LogP contribution is 2.59. The molecule has 2 aliphatic carbocycles. The van der Waals surface area contributed by atoms with Crippen LogP contribution in [-0.4, -0.2) is 104 Å². The molecule has 13 heteroatoms. The highest BCUT2D eigenvalue weighted by molar-refractivity contribution is 6.76. The number of hydrogen-bond acceptors (Lipinski definition) is 11. The fourth-order valence-electron chi connectivity index (χ4n) is 8.47. The second-order valence-electron chi connectivity index (χ2n) is 19.1. The van der Waals surface area contributed by atoms with Gasteiger partial charge in [0.2, 0.25) is 0 Å². The Morgan fingerprint density at radius 1 is 1.02 bits per heavy atom. The number of benzene rings is 1. The summed E-state index contributed by atoms with van der Waals surface area (Å²) < 4.78 is 50.7. The number of aldehydes is 1. The predicted molar refractivity (Wildman–Crippen MR) is 213 cm³/mol. The molecule has 4 rings (SSSR count). The Balaban J connectivity index is 1.89. The molecular weight excluding hydrogens is 725 g/mol. The van der Waals surface area contributed by atoms with Gasteiger partial charge in [-0.2, -0.15) is 0 Å². The molecule has 1 aliphatic heterocycles. The first-order valence-corrected chi connectivity index (χ1v) is 26.3. The number of Topliss-reactive ketones (excluding diaryl/α,β-unsaturated/α-hetero) is 1. The molecule has 1 N–H and O–H groups in total. The number of hydrogen-bond donors (Lipinski definition) is 1. The Hall–Kier alpha value is -1.53. The zero-order chi connectivity index (χ0) is 40.3. The van der Waals surface area contributed by atoms with Gasteiger partial charge >= 0.3 is 0 Å². The number of methoxy groups -OCH3 is 2. The molecule has 1 aromatic rings. The van der Waals surface area contributed by atoms with Crippen LogP contribution in [0.5, 0.6) is 5.75 Å². The summed E-state index contributed by atoms with van der Waals surface area (Å²) in [4.78, 5) is 27.6. The largest absolute Gasteiger partial charge is 0.497 e. The standard InChI is InChI=1S/C41H70O11Si2/c1-28-32(24-34(52-54(12,13)38(2,3)4)41(44)20-18-31(39(41,5)6)36(35(28)43)49-26-45-7)40(50-27-47-22-23-53(9,10)11)25-48-37(51-33(40)19-21-42)29-14-16-30(46-8)17-15-29/h14-17,21,28,31-34,36-37,44H,18-20,22-27H2,1-13H3/t28-,31+,32-,33+,34-,36+,37-,40+,41+/m0/s1. The third-order valence-corrected chi connectivity index (χ3v) is 19.4. The van der Waals surface area contributed by atoms with Crippen LogP contribution >= 0.6 is 0 Å². The summed E-state index contributed by atoms with van der Waals surface area (Å²) in [6.07, 6.45) is -1.06. The fourth-order valence-corrected chi connectivity index (χ4v) is 10.6. The summed E-state index contributed by atoms with van der Waals surface area (Å²) in [7, 11) is -0.774. The van der Waals surface area contributed by atoms with Crippen molar-refractivity contribution >= 4 is 28.5 Å². The summed E-state index contributed by atoms with van der Waals surface area (Å²) in [6, 6.07) is 8.35. The molecule has 3 aliphatic rings. The molecule has 0 radical (unpaired) electrons. The van der Waals surface area contributed by atoms with E-state index in [1.165, 1.54) is 7.11 Å². The van der Waals surface area contributed by atoms with Gasteiger partial charge in [-0.3, -0.25) is 4.79 Å². The summed E-state index contributed by atoms with van der Waals surface area (Å²) in [5, 5.41) is 13.0. The van der Waals surface area contributed by atoms with Crippen molar-refractivity contribution in [3.63, 3.8) is 0 Å². The minimum atomic E-state index is -2.51.